The summed E-state index contributed by atoms with van der Waals surface area (Å²) >= 11 is 4.24. The monoisotopic (exact) mass is 420 g/mol. The Morgan fingerprint density at radius 2 is 1.81 bits per heavy atom. The maximum Gasteiger partial charge on any atom is 0.488 e. The van der Waals surface area contributed by atoms with E-state index in [1.54, 1.807) is 11.8 Å². The van der Waals surface area contributed by atoms with Crippen molar-refractivity contribution < 1.29 is 26.0 Å². The van der Waals surface area contributed by atoms with Crippen molar-refractivity contribution in [3.05, 3.63) is 23.3 Å². The lowest BCUT2D eigenvalue weighted by Crippen LogP contribution is -2.50. The average Bonchev–Trinajstić information content (AvgIpc) is 2.54. The molecule has 1 fully saturated rings. The minimum Gasteiger partial charge on any atom is -0.444 e. The molecule has 0 saturated carbocycles. The molecule has 0 aromatic heterocycles. The molecule has 7 nitrogen and oxygen atoms in total. The molecule has 1 amide bonds. The summed E-state index contributed by atoms with van der Waals surface area (Å²) in [6.45, 7) is 9.04. The zero-order valence-corrected chi connectivity index (χ0v) is 17.6. The Labute approximate surface area is 165 Å². The molecule has 152 valence electrons. The second kappa shape index (κ2) is 8.14. The minimum atomic E-state index is -5.12. The smallest absolute Gasteiger partial charge is 0.444 e. The van der Waals surface area contributed by atoms with Crippen LogP contribution in [-0.2, 0) is 21.0 Å². The predicted octanol–water partition coefficient (Wildman–Crippen LogP) is 3.08. The van der Waals surface area contributed by atoms with E-state index in [2.05, 4.69) is 16.8 Å². The van der Waals surface area contributed by atoms with Crippen molar-refractivity contribution in [1.82, 2.24) is 4.90 Å². The van der Waals surface area contributed by atoms with Crippen molar-refractivity contribution in [1.29, 1.82) is 0 Å². The Kier molecular flexibility index (Phi) is 6.51. The van der Waals surface area contributed by atoms with Crippen LogP contribution in [0.3, 0.4) is 0 Å². The van der Waals surface area contributed by atoms with Crippen molar-refractivity contribution >= 4 is 34.9 Å². The van der Waals surface area contributed by atoms with Crippen LogP contribution in [0.25, 0.3) is 0 Å². The van der Waals surface area contributed by atoms with E-state index in [9.17, 15) is 17.1 Å². The zero-order chi connectivity index (χ0) is 20.4. The number of ether oxygens (including phenoxy) is 1. The molecule has 0 aliphatic carbocycles. The van der Waals surface area contributed by atoms with Crippen LogP contribution < -0.4 is 9.08 Å². The van der Waals surface area contributed by atoms with Crippen LogP contribution in [0.15, 0.2) is 12.1 Å². The summed E-state index contributed by atoms with van der Waals surface area (Å²) < 4.78 is 44.6. The second-order valence-corrected chi connectivity index (χ2v) is 8.59. The summed E-state index contributed by atoms with van der Waals surface area (Å²) in [6.07, 6.45) is -0.366. The van der Waals surface area contributed by atoms with Crippen LogP contribution in [0.1, 0.15) is 31.9 Å². The zero-order valence-electron chi connectivity index (χ0n) is 15.9. The number of hydrogen-bond donors (Lipinski definition) is 1. The van der Waals surface area contributed by atoms with E-state index >= 15 is 0 Å². The minimum absolute atomic E-state index is 0.0615. The fourth-order valence-electron chi connectivity index (χ4n) is 2.74. The molecule has 1 aromatic rings. The third kappa shape index (κ3) is 6.17. The Bertz CT molecular complexity index is 800. The standard InChI is InChI=1S/C17H25FN2O5S2/c1-12-13(11-26)9-14(10-15(12)25-27(18,22)23)19-5-7-20(8-6-19)16(21)24-17(2,3)4/h9-10,26H,5-8,11H2,1-4H3. The Morgan fingerprint density at radius 1 is 1.22 bits per heavy atom. The van der Waals surface area contributed by atoms with Gasteiger partial charge in [-0.2, -0.15) is 21.0 Å². The molecular formula is C17H25FN2O5S2. The van der Waals surface area contributed by atoms with Gasteiger partial charge in [0.05, 0.1) is 0 Å². The van der Waals surface area contributed by atoms with Gasteiger partial charge in [-0.15, -0.1) is 0 Å². The van der Waals surface area contributed by atoms with Gasteiger partial charge in [0.1, 0.15) is 5.60 Å². The van der Waals surface area contributed by atoms with Crippen LogP contribution in [0.5, 0.6) is 5.75 Å². The lowest BCUT2D eigenvalue weighted by Gasteiger charge is -2.37. The highest BCUT2D eigenvalue weighted by molar-refractivity contribution is 7.81. The van der Waals surface area contributed by atoms with Gasteiger partial charge in [-0.25, -0.2) is 4.79 Å². The summed E-state index contributed by atoms with van der Waals surface area (Å²) in [5, 5.41) is 0. The molecule has 0 bridgehead atoms. The molecule has 0 spiro atoms. The molecule has 0 atom stereocenters. The van der Waals surface area contributed by atoms with E-state index in [0.29, 0.717) is 43.2 Å². The molecule has 10 heteroatoms. The fraction of sp³-hybridized carbons (Fsp3) is 0.588. The van der Waals surface area contributed by atoms with Gasteiger partial charge in [-0.3, -0.25) is 0 Å². The van der Waals surface area contributed by atoms with E-state index in [4.69, 9.17) is 4.74 Å². The number of anilines is 1. The van der Waals surface area contributed by atoms with Crippen molar-refractivity contribution in [3.8, 4) is 5.75 Å². The molecule has 1 aromatic carbocycles. The molecular weight excluding hydrogens is 395 g/mol. The molecule has 2 rings (SSSR count). The highest BCUT2D eigenvalue weighted by Gasteiger charge is 2.27. The van der Waals surface area contributed by atoms with Gasteiger partial charge in [0.15, 0.2) is 5.75 Å². The van der Waals surface area contributed by atoms with Crippen molar-refractivity contribution in [2.45, 2.75) is 39.0 Å². The van der Waals surface area contributed by atoms with Crippen LogP contribution in [0, 0.1) is 6.92 Å². The molecule has 1 heterocycles. The Balaban J connectivity index is 2.15. The maximum absolute atomic E-state index is 13.0. The highest BCUT2D eigenvalue weighted by atomic mass is 32.3. The molecule has 0 radical (unpaired) electrons. The predicted molar refractivity (Wildman–Crippen MR) is 105 cm³/mol. The Morgan fingerprint density at radius 3 is 2.30 bits per heavy atom. The number of rotatable bonds is 4. The van der Waals surface area contributed by atoms with Crippen LogP contribution in [0.4, 0.5) is 14.4 Å². The molecule has 0 N–H and O–H groups in total. The molecule has 0 unspecified atom stereocenters. The van der Waals surface area contributed by atoms with Crippen LogP contribution in [0.2, 0.25) is 0 Å². The average molecular weight is 421 g/mol. The number of benzene rings is 1. The number of carbonyl (C=O) groups is 1. The first-order valence-electron chi connectivity index (χ1n) is 8.51. The molecule has 1 aliphatic rings. The lowest BCUT2D eigenvalue weighted by molar-refractivity contribution is 0.0240. The SMILES string of the molecule is Cc1c(CS)cc(N2CCN(C(=O)OC(C)(C)C)CC2)cc1OS(=O)(=O)F. The van der Waals surface area contributed by atoms with E-state index < -0.39 is 16.1 Å². The largest absolute Gasteiger partial charge is 0.488 e. The van der Waals surface area contributed by atoms with E-state index in [1.807, 2.05) is 31.7 Å². The molecule has 1 aliphatic heterocycles. The normalized spacial score (nSPS) is 15.6. The van der Waals surface area contributed by atoms with Crippen molar-refractivity contribution in [2.75, 3.05) is 31.1 Å². The van der Waals surface area contributed by atoms with E-state index in [0.717, 1.165) is 5.56 Å². The fourth-order valence-corrected chi connectivity index (χ4v) is 3.46. The summed E-state index contributed by atoms with van der Waals surface area (Å²) in [5.74, 6) is 0.286. The maximum atomic E-state index is 13.0. The number of halogens is 1. The van der Waals surface area contributed by atoms with Crippen molar-refractivity contribution in [3.63, 3.8) is 0 Å². The third-order valence-electron chi connectivity index (χ3n) is 4.11. The third-order valence-corrected chi connectivity index (χ3v) is 4.83. The second-order valence-electron chi connectivity index (χ2n) is 7.32. The summed E-state index contributed by atoms with van der Waals surface area (Å²) in [4.78, 5) is 15.8. The van der Waals surface area contributed by atoms with E-state index in [1.165, 1.54) is 6.07 Å². The first kappa shape index (κ1) is 21.6. The number of amides is 1. The first-order valence-corrected chi connectivity index (χ1v) is 10.4. The number of nitrogens with zero attached hydrogens (tertiary/aromatic N) is 2. The van der Waals surface area contributed by atoms with Crippen molar-refractivity contribution in [2.24, 2.45) is 0 Å². The van der Waals surface area contributed by atoms with Gasteiger partial charge >= 0.3 is 16.6 Å². The van der Waals surface area contributed by atoms with Gasteiger partial charge in [0.2, 0.25) is 0 Å². The summed E-state index contributed by atoms with van der Waals surface area (Å²) in [5.41, 5.74) is 1.38. The summed E-state index contributed by atoms with van der Waals surface area (Å²) in [6, 6.07) is 3.35. The summed E-state index contributed by atoms with van der Waals surface area (Å²) in [7, 11) is -5.12. The molecule has 27 heavy (non-hydrogen) atoms. The number of piperazine rings is 1. The van der Waals surface area contributed by atoms with Gasteiger partial charge in [-0.1, -0.05) is 3.89 Å². The number of thiol groups is 1. The van der Waals surface area contributed by atoms with Crippen LogP contribution >= 0.6 is 12.6 Å². The van der Waals surface area contributed by atoms with Crippen LogP contribution in [-0.4, -0.2) is 51.2 Å². The topological polar surface area (TPSA) is 76.2 Å². The van der Waals surface area contributed by atoms with Gasteiger partial charge in [0, 0.05) is 43.7 Å². The number of carbonyl (C=O) groups excluding carboxylic acids is 1. The van der Waals surface area contributed by atoms with Gasteiger partial charge in [0.25, 0.3) is 0 Å². The van der Waals surface area contributed by atoms with E-state index in [-0.39, 0.29) is 11.8 Å². The Hall–Kier alpha value is -1.68. The number of hydrogen-bond acceptors (Lipinski definition) is 7. The lowest BCUT2D eigenvalue weighted by atomic mass is 10.1. The molecule has 1 saturated heterocycles. The quantitative estimate of drug-likeness (QED) is 0.596. The van der Waals surface area contributed by atoms with Gasteiger partial charge < -0.3 is 18.7 Å². The van der Waals surface area contributed by atoms with Gasteiger partial charge in [-0.05, 0) is 44.9 Å². The first-order chi connectivity index (χ1) is 12.4. The highest BCUT2D eigenvalue weighted by Crippen LogP contribution is 2.32.